The van der Waals surface area contributed by atoms with Crippen molar-refractivity contribution in [1.29, 1.82) is 0 Å². The van der Waals surface area contributed by atoms with Crippen molar-refractivity contribution in [1.82, 2.24) is 4.31 Å². The van der Waals surface area contributed by atoms with E-state index in [0.717, 1.165) is 6.07 Å². The number of hydrogen-bond donors (Lipinski definition) is 1. The van der Waals surface area contributed by atoms with Crippen LogP contribution in [0.2, 0.25) is 0 Å². The van der Waals surface area contributed by atoms with Crippen LogP contribution in [0.3, 0.4) is 0 Å². The van der Waals surface area contributed by atoms with Gasteiger partial charge >= 0.3 is 0 Å². The maximum atomic E-state index is 13.3. The zero-order valence-corrected chi connectivity index (χ0v) is 11.5. The van der Waals surface area contributed by atoms with Gasteiger partial charge in [0.15, 0.2) is 0 Å². The van der Waals surface area contributed by atoms with Crippen LogP contribution in [0.5, 0.6) is 0 Å². The van der Waals surface area contributed by atoms with Gasteiger partial charge in [-0.25, -0.2) is 12.8 Å². The van der Waals surface area contributed by atoms with Gasteiger partial charge in [0.1, 0.15) is 5.82 Å². The third-order valence-electron chi connectivity index (χ3n) is 3.33. The highest BCUT2D eigenvalue weighted by Crippen LogP contribution is 2.24. The van der Waals surface area contributed by atoms with E-state index >= 15 is 0 Å². The van der Waals surface area contributed by atoms with Gasteiger partial charge in [0.05, 0.1) is 17.5 Å². The summed E-state index contributed by atoms with van der Waals surface area (Å²) in [6.07, 6.45) is 0.642. The molecule has 0 spiro atoms. The number of nitrogens with zero attached hydrogens (tertiary/aromatic N) is 1. The summed E-state index contributed by atoms with van der Waals surface area (Å²) in [5, 5.41) is 0. The Morgan fingerprint density at radius 1 is 1.53 bits per heavy atom. The first-order chi connectivity index (χ1) is 8.96. The number of hydrogen-bond acceptors (Lipinski definition) is 4. The predicted octanol–water partition coefficient (Wildman–Crippen LogP) is 0.694. The summed E-state index contributed by atoms with van der Waals surface area (Å²) in [7, 11) is -2.27. The molecule has 1 fully saturated rings. The second-order valence-electron chi connectivity index (χ2n) is 4.49. The normalized spacial score (nSPS) is 20.1. The van der Waals surface area contributed by atoms with Crippen molar-refractivity contribution in [2.24, 2.45) is 5.73 Å². The zero-order valence-electron chi connectivity index (χ0n) is 10.7. The summed E-state index contributed by atoms with van der Waals surface area (Å²) in [6, 6.07) is 3.42. The van der Waals surface area contributed by atoms with Gasteiger partial charge in [0, 0.05) is 20.2 Å². The van der Waals surface area contributed by atoms with E-state index in [9.17, 15) is 12.8 Å². The Morgan fingerprint density at radius 3 is 2.84 bits per heavy atom. The lowest BCUT2D eigenvalue weighted by atomic mass is 10.2. The number of rotatable bonds is 4. The third-order valence-corrected chi connectivity index (χ3v) is 5.32. The third kappa shape index (κ3) is 2.79. The maximum absolute atomic E-state index is 13.3. The van der Waals surface area contributed by atoms with Crippen LogP contribution >= 0.6 is 0 Å². The summed E-state index contributed by atoms with van der Waals surface area (Å²) in [5.74, 6) is -0.591. The first-order valence-corrected chi connectivity index (χ1v) is 7.45. The Labute approximate surface area is 112 Å². The molecule has 0 radical (unpaired) electrons. The van der Waals surface area contributed by atoms with Crippen molar-refractivity contribution >= 4 is 10.0 Å². The Kier molecular flexibility index (Phi) is 4.19. The molecule has 0 saturated carbocycles. The van der Waals surface area contributed by atoms with Gasteiger partial charge in [-0.3, -0.25) is 0 Å². The van der Waals surface area contributed by atoms with E-state index < -0.39 is 15.8 Å². The average Bonchev–Trinajstić information content (AvgIpc) is 2.91. The van der Waals surface area contributed by atoms with Crippen LogP contribution in [0.15, 0.2) is 23.1 Å². The van der Waals surface area contributed by atoms with Crippen molar-refractivity contribution in [3.8, 4) is 0 Å². The smallest absolute Gasteiger partial charge is 0.243 e. The molecule has 2 rings (SSSR count). The van der Waals surface area contributed by atoms with Gasteiger partial charge in [-0.15, -0.1) is 0 Å². The van der Waals surface area contributed by atoms with Crippen LogP contribution in [0, 0.1) is 5.82 Å². The molecular weight excluding hydrogens is 271 g/mol. The minimum Gasteiger partial charge on any atom is -0.380 e. The molecule has 1 aliphatic rings. The minimum atomic E-state index is -3.75. The highest BCUT2D eigenvalue weighted by molar-refractivity contribution is 7.89. The van der Waals surface area contributed by atoms with Crippen molar-refractivity contribution in [3.05, 3.63) is 29.6 Å². The lowest BCUT2D eigenvalue weighted by Gasteiger charge is -2.23. The van der Waals surface area contributed by atoms with Crippen LogP contribution in [-0.2, 0) is 21.3 Å². The average molecular weight is 288 g/mol. The van der Waals surface area contributed by atoms with Crippen LogP contribution in [0.4, 0.5) is 4.39 Å². The Bertz CT molecular complexity index is 556. The number of sulfonamides is 1. The number of ether oxygens (including phenoxy) is 1. The molecule has 5 nitrogen and oxygen atoms in total. The van der Waals surface area contributed by atoms with E-state index in [2.05, 4.69) is 0 Å². The second-order valence-corrected chi connectivity index (χ2v) is 6.46. The highest BCUT2D eigenvalue weighted by Gasteiger charge is 2.32. The molecule has 0 aliphatic carbocycles. The molecule has 0 amide bonds. The zero-order chi connectivity index (χ0) is 14.0. The molecule has 0 aromatic heterocycles. The first kappa shape index (κ1) is 14.4. The lowest BCUT2D eigenvalue weighted by Crippen LogP contribution is -2.37. The fourth-order valence-electron chi connectivity index (χ4n) is 2.10. The molecule has 1 heterocycles. The molecule has 1 unspecified atom stereocenters. The quantitative estimate of drug-likeness (QED) is 0.885. The lowest BCUT2D eigenvalue weighted by molar-refractivity contribution is 0.181. The highest BCUT2D eigenvalue weighted by atomic mass is 32.2. The van der Waals surface area contributed by atoms with Gasteiger partial charge in [-0.2, -0.15) is 4.31 Å². The Morgan fingerprint density at radius 2 is 2.26 bits per heavy atom. The van der Waals surface area contributed by atoms with E-state index in [1.165, 1.54) is 23.5 Å². The molecule has 7 heteroatoms. The van der Waals surface area contributed by atoms with Crippen LogP contribution in [0.25, 0.3) is 0 Å². The Hall–Kier alpha value is -1.02. The molecule has 1 aliphatic heterocycles. The summed E-state index contributed by atoms with van der Waals surface area (Å²) >= 11 is 0. The molecule has 106 valence electrons. The van der Waals surface area contributed by atoms with Gasteiger partial charge in [-0.1, -0.05) is 6.07 Å². The van der Waals surface area contributed by atoms with Gasteiger partial charge < -0.3 is 10.5 Å². The molecule has 1 aromatic carbocycles. The van der Waals surface area contributed by atoms with E-state index in [-0.39, 0.29) is 17.5 Å². The van der Waals surface area contributed by atoms with Crippen molar-refractivity contribution in [2.45, 2.75) is 23.9 Å². The topological polar surface area (TPSA) is 72.6 Å². The van der Waals surface area contributed by atoms with Crippen molar-refractivity contribution in [3.63, 3.8) is 0 Å². The van der Waals surface area contributed by atoms with Crippen molar-refractivity contribution in [2.75, 3.05) is 20.3 Å². The fraction of sp³-hybridized carbons (Fsp3) is 0.500. The summed E-state index contributed by atoms with van der Waals surface area (Å²) < 4.78 is 44.7. The SMILES string of the molecule is CN(C1CCOC1)S(=O)(=O)c1cc(F)ccc1CN. The van der Waals surface area contributed by atoms with Gasteiger partial charge in [0.2, 0.25) is 10.0 Å². The van der Waals surface area contributed by atoms with Crippen LogP contribution < -0.4 is 5.73 Å². The molecular formula is C12H17FN2O3S. The second kappa shape index (κ2) is 5.54. The van der Waals surface area contributed by atoms with Gasteiger partial charge in [-0.05, 0) is 24.1 Å². The van der Waals surface area contributed by atoms with E-state index in [0.29, 0.717) is 25.2 Å². The van der Waals surface area contributed by atoms with E-state index in [1.54, 1.807) is 0 Å². The molecule has 1 aromatic rings. The standard InChI is InChI=1S/C12H17FN2O3S/c1-15(11-4-5-18-8-11)19(16,17)12-6-10(13)3-2-9(12)7-14/h2-3,6,11H,4-5,7-8,14H2,1H3. The minimum absolute atomic E-state index is 0.0455. The molecule has 0 bridgehead atoms. The van der Waals surface area contributed by atoms with E-state index in [4.69, 9.17) is 10.5 Å². The first-order valence-electron chi connectivity index (χ1n) is 6.01. The molecule has 2 N–H and O–H groups in total. The maximum Gasteiger partial charge on any atom is 0.243 e. The largest absolute Gasteiger partial charge is 0.380 e. The number of likely N-dealkylation sites (N-methyl/N-ethyl adjacent to an activating group) is 1. The molecule has 1 saturated heterocycles. The van der Waals surface area contributed by atoms with E-state index in [1.807, 2.05) is 0 Å². The van der Waals surface area contributed by atoms with Crippen LogP contribution in [-0.4, -0.2) is 39.0 Å². The predicted molar refractivity (Wildman–Crippen MR) is 68.5 cm³/mol. The van der Waals surface area contributed by atoms with Gasteiger partial charge in [0.25, 0.3) is 0 Å². The molecule has 1 atom stereocenters. The summed E-state index contributed by atoms with van der Waals surface area (Å²) in [6.45, 7) is 0.949. The van der Waals surface area contributed by atoms with Crippen LogP contribution in [0.1, 0.15) is 12.0 Å². The summed E-state index contributed by atoms with van der Waals surface area (Å²) in [5.41, 5.74) is 5.93. The summed E-state index contributed by atoms with van der Waals surface area (Å²) in [4.78, 5) is -0.0654. The molecule has 19 heavy (non-hydrogen) atoms. The van der Waals surface area contributed by atoms with Crippen molar-refractivity contribution < 1.29 is 17.5 Å². The monoisotopic (exact) mass is 288 g/mol. The number of benzene rings is 1. The Balaban J connectivity index is 2.40. The fourth-order valence-corrected chi connectivity index (χ4v) is 3.71. The number of halogens is 1. The number of nitrogens with two attached hydrogens (primary N) is 1.